The largest absolute Gasteiger partial charge is 1.00 e. The van der Waals surface area contributed by atoms with E-state index in [9.17, 15) is 0 Å². The van der Waals surface area contributed by atoms with Gasteiger partial charge >= 0.3 is 22.4 Å². The summed E-state index contributed by atoms with van der Waals surface area (Å²) >= 11 is 0. The van der Waals surface area contributed by atoms with Crippen LogP contribution in [0.15, 0.2) is 12.4 Å². The van der Waals surface area contributed by atoms with Crippen LogP contribution in [-0.4, -0.2) is 35.0 Å². The Morgan fingerprint density at radius 2 is 1.58 bits per heavy atom. The number of nitrogens with zero attached hydrogens (tertiary/aromatic N) is 2. The monoisotopic (exact) mass is 264 g/mol. The van der Waals surface area contributed by atoms with Gasteiger partial charge in [0.05, 0.1) is 0 Å². The zero-order valence-corrected chi connectivity index (χ0v) is 8.77. The van der Waals surface area contributed by atoms with Gasteiger partial charge in [-0.3, -0.25) is 4.79 Å². The Morgan fingerprint density at radius 3 is 1.67 bits per heavy atom. The Kier molecular flexibility index (Phi) is 8.47. The molecule has 0 saturated heterocycles. The van der Waals surface area contributed by atoms with Gasteiger partial charge in [-0.05, 0) is 26.5 Å². The van der Waals surface area contributed by atoms with E-state index >= 15 is 0 Å². The second-order valence-electron chi connectivity index (χ2n) is 2.26. The van der Waals surface area contributed by atoms with Crippen LogP contribution >= 0.6 is 0 Å². The topological polar surface area (TPSA) is 43.8 Å². The summed E-state index contributed by atoms with van der Waals surface area (Å²) in [5.41, 5.74) is 0. The van der Waals surface area contributed by atoms with Crippen LogP contribution in [0.3, 0.4) is 0 Å². The Hall–Kier alpha value is -0.450. The first-order chi connectivity index (χ1) is 5.02. The molecule has 0 aliphatic carbocycles. The van der Waals surface area contributed by atoms with Crippen LogP contribution in [0.5, 0.6) is 0 Å². The number of hydrogen-bond donors (Lipinski definition) is 1. The Bertz CT molecular complexity index is 147. The van der Waals surface area contributed by atoms with Crippen molar-refractivity contribution in [2.24, 2.45) is 0 Å². The fraction of sp³-hybridized carbons (Fsp3) is 0.429. The molecule has 0 fully saturated rings. The SMILES string of the molecule is CC(=O)O.CN1C=CN(C)[CH-]1.[Ag+]. The van der Waals surface area contributed by atoms with Crippen LogP contribution < -0.4 is 0 Å². The molecule has 12 heavy (non-hydrogen) atoms. The standard InChI is InChI=1S/C5H9N2.C2H4O2.Ag/c1-6-3-4-7(2)5-6;1-2(3)4;/h3-5H,1-2H3;1H3,(H,3,4);/q-1;;+1. The fourth-order valence-corrected chi connectivity index (χ4v) is 0.575. The van der Waals surface area contributed by atoms with Crippen LogP contribution in [-0.2, 0) is 27.2 Å². The fourth-order valence-electron chi connectivity index (χ4n) is 0.575. The van der Waals surface area contributed by atoms with E-state index in [0.29, 0.717) is 0 Å². The molecule has 0 unspecified atom stereocenters. The van der Waals surface area contributed by atoms with Crippen molar-refractivity contribution < 1.29 is 32.3 Å². The number of carbonyl (C=O) groups is 1. The summed E-state index contributed by atoms with van der Waals surface area (Å²) in [6, 6.07) is 0. The molecular weight excluding hydrogens is 252 g/mol. The van der Waals surface area contributed by atoms with Crippen LogP contribution in [0.25, 0.3) is 0 Å². The zero-order chi connectivity index (χ0) is 8.85. The molecule has 0 amide bonds. The quantitative estimate of drug-likeness (QED) is 0.513. The predicted octanol–water partition coefficient (Wildman–Crippen LogP) is 0.542. The number of carboxylic acids is 1. The summed E-state index contributed by atoms with van der Waals surface area (Å²) in [4.78, 5) is 13.0. The van der Waals surface area contributed by atoms with E-state index in [1.165, 1.54) is 0 Å². The molecule has 1 aliphatic heterocycles. The molecule has 5 heteroatoms. The maximum atomic E-state index is 9.00. The van der Waals surface area contributed by atoms with E-state index in [4.69, 9.17) is 9.90 Å². The van der Waals surface area contributed by atoms with Crippen molar-refractivity contribution in [3.63, 3.8) is 0 Å². The smallest absolute Gasteiger partial charge is 0.511 e. The van der Waals surface area contributed by atoms with Gasteiger partial charge in [0.1, 0.15) is 0 Å². The summed E-state index contributed by atoms with van der Waals surface area (Å²) < 4.78 is 0. The third kappa shape index (κ3) is 9.55. The first-order valence-corrected chi connectivity index (χ1v) is 3.19. The summed E-state index contributed by atoms with van der Waals surface area (Å²) in [7, 11) is 4.00. The number of rotatable bonds is 0. The molecular formula is C7H13AgN2O2. The minimum Gasteiger partial charge on any atom is -0.511 e. The van der Waals surface area contributed by atoms with Crippen molar-refractivity contribution in [2.45, 2.75) is 6.92 Å². The number of hydrogen-bond acceptors (Lipinski definition) is 3. The van der Waals surface area contributed by atoms with E-state index in [2.05, 4.69) is 0 Å². The van der Waals surface area contributed by atoms with Gasteiger partial charge in [-0.15, -0.1) is 0 Å². The molecule has 1 N–H and O–H groups in total. The first kappa shape index (κ1) is 14.1. The minimum absolute atomic E-state index is 0. The Balaban J connectivity index is 0. The van der Waals surface area contributed by atoms with E-state index in [0.717, 1.165) is 6.92 Å². The van der Waals surface area contributed by atoms with Gasteiger partial charge in [-0.25, -0.2) is 0 Å². The average Bonchev–Trinajstić information content (AvgIpc) is 2.13. The van der Waals surface area contributed by atoms with Crippen molar-refractivity contribution in [1.29, 1.82) is 0 Å². The zero-order valence-electron chi connectivity index (χ0n) is 7.28. The summed E-state index contributed by atoms with van der Waals surface area (Å²) in [6.45, 7) is 3.08. The van der Waals surface area contributed by atoms with Crippen molar-refractivity contribution >= 4 is 5.97 Å². The molecule has 4 nitrogen and oxygen atoms in total. The van der Waals surface area contributed by atoms with Gasteiger partial charge in [-0.1, -0.05) is 0 Å². The third-order valence-electron chi connectivity index (χ3n) is 0.901. The summed E-state index contributed by atoms with van der Waals surface area (Å²) in [5, 5.41) is 7.42. The Morgan fingerprint density at radius 1 is 1.33 bits per heavy atom. The molecule has 0 aromatic carbocycles. The van der Waals surface area contributed by atoms with Crippen LogP contribution in [0.1, 0.15) is 6.92 Å². The van der Waals surface area contributed by atoms with E-state index in [-0.39, 0.29) is 22.4 Å². The molecule has 1 heterocycles. The van der Waals surface area contributed by atoms with E-state index in [1.807, 2.05) is 43.0 Å². The van der Waals surface area contributed by atoms with Crippen molar-refractivity contribution in [3.05, 3.63) is 19.1 Å². The van der Waals surface area contributed by atoms with Crippen LogP contribution in [0, 0.1) is 6.67 Å². The summed E-state index contributed by atoms with van der Waals surface area (Å²) in [6.07, 6.45) is 4.00. The van der Waals surface area contributed by atoms with Gasteiger partial charge in [-0.2, -0.15) is 6.67 Å². The van der Waals surface area contributed by atoms with Gasteiger partial charge in [0.2, 0.25) is 0 Å². The van der Waals surface area contributed by atoms with E-state index in [1.54, 1.807) is 0 Å². The number of carboxylic acid groups (broad SMARTS) is 1. The first-order valence-electron chi connectivity index (χ1n) is 3.19. The van der Waals surface area contributed by atoms with Crippen molar-refractivity contribution in [1.82, 2.24) is 9.80 Å². The second kappa shape index (κ2) is 7.21. The average molecular weight is 265 g/mol. The second-order valence-corrected chi connectivity index (χ2v) is 2.26. The summed E-state index contributed by atoms with van der Waals surface area (Å²) in [5.74, 6) is -0.833. The molecule has 0 bridgehead atoms. The molecule has 0 radical (unpaired) electrons. The molecule has 0 atom stereocenters. The minimum atomic E-state index is -0.833. The molecule has 74 valence electrons. The van der Waals surface area contributed by atoms with Crippen LogP contribution in [0.4, 0.5) is 0 Å². The van der Waals surface area contributed by atoms with Crippen molar-refractivity contribution in [3.8, 4) is 0 Å². The van der Waals surface area contributed by atoms with Gasteiger partial charge < -0.3 is 14.9 Å². The Labute approximate surface area is 88.3 Å². The molecule has 1 rings (SSSR count). The molecule has 0 aromatic rings. The maximum Gasteiger partial charge on any atom is 1.00 e. The van der Waals surface area contributed by atoms with Gasteiger partial charge in [0.15, 0.2) is 0 Å². The van der Waals surface area contributed by atoms with Crippen molar-refractivity contribution in [2.75, 3.05) is 14.1 Å². The number of aliphatic carboxylic acids is 1. The normalized spacial score (nSPS) is 13.2. The molecule has 0 spiro atoms. The molecule has 0 aromatic heterocycles. The molecule has 0 saturated carbocycles. The maximum absolute atomic E-state index is 9.00. The van der Waals surface area contributed by atoms with E-state index < -0.39 is 5.97 Å². The van der Waals surface area contributed by atoms with Gasteiger partial charge in [0.25, 0.3) is 5.97 Å². The van der Waals surface area contributed by atoms with Crippen LogP contribution in [0.2, 0.25) is 0 Å². The molecule has 1 aliphatic rings. The predicted molar refractivity (Wildman–Crippen MR) is 42.3 cm³/mol. The third-order valence-corrected chi connectivity index (χ3v) is 0.901. The van der Waals surface area contributed by atoms with Gasteiger partial charge in [0, 0.05) is 6.92 Å².